The number of nitrogens with two attached hydrogens (primary N) is 1. The maximum atomic E-state index is 11.7. The minimum Gasteiger partial charge on any atom is -0.478 e. The summed E-state index contributed by atoms with van der Waals surface area (Å²) in [5, 5.41) is 10.4. The van der Waals surface area contributed by atoms with Crippen LogP contribution in [0.25, 0.3) is 0 Å². The summed E-state index contributed by atoms with van der Waals surface area (Å²) in [5.74, 6) is -2.72. The number of aromatic carboxylic acids is 1. The van der Waals surface area contributed by atoms with E-state index in [4.69, 9.17) is 15.6 Å². The third kappa shape index (κ3) is 5.44. The Kier molecular flexibility index (Phi) is 6.39. The van der Waals surface area contributed by atoms with Gasteiger partial charge in [0.15, 0.2) is 0 Å². The summed E-state index contributed by atoms with van der Waals surface area (Å²) >= 11 is 0.600. The number of ether oxygens (including phenoxy) is 1. The summed E-state index contributed by atoms with van der Waals surface area (Å²) in [4.78, 5) is 44.7. The van der Waals surface area contributed by atoms with E-state index >= 15 is 0 Å². The first-order valence-electron chi connectivity index (χ1n) is 6.04. The normalized spacial score (nSPS) is 11.3. The molecule has 1 unspecified atom stereocenters. The average molecular weight is 326 g/mol. The molecule has 1 atom stereocenters. The highest BCUT2D eigenvalue weighted by Crippen LogP contribution is 2.20. The molecule has 0 radical (unpaired) electrons. The van der Waals surface area contributed by atoms with Crippen LogP contribution in [0.1, 0.15) is 17.3 Å². The SMILES string of the molecule is CC(=O)NC(CSC(=O)Oc1ccccc1C(=O)O)C(N)=O. The summed E-state index contributed by atoms with van der Waals surface area (Å²) in [5.41, 5.74) is 4.93. The lowest BCUT2D eigenvalue weighted by Gasteiger charge is -2.13. The van der Waals surface area contributed by atoms with Crippen LogP contribution in [0.15, 0.2) is 24.3 Å². The number of benzene rings is 1. The summed E-state index contributed by atoms with van der Waals surface area (Å²) in [7, 11) is 0. The van der Waals surface area contributed by atoms with Crippen LogP contribution < -0.4 is 15.8 Å². The highest BCUT2D eigenvalue weighted by atomic mass is 32.2. The average Bonchev–Trinajstić information content (AvgIpc) is 2.43. The van der Waals surface area contributed by atoms with Gasteiger partial charge in [-0.25, -0.2) is 9.59 Å². The largest absolute Gasteiger partial charge is 0.478 e. The molecule has 22 heavy (non-hydrogen) atoms. The first kappa shape index (κ1) is 17.5. The Morgan fingerprint density at radius 1 is 1.32 bits per heavy atom. The van der Waals surface area contributed by atoms with Crippen molar-refractivity contribution in [2.24, 2.45) is 5.73 Å². The molecule has 9 heteroatoms. The molecule has 118 valence electrons. The van der Waals surface area contributed by atoms with Crippen molar-refractivity contribution < 1.29 is 29.0 Å². The van der Waals surface area contributed by atoms with Crippen LogP contribution in [-0.4, -0.2) is 40.0 Å². The molecule has 8 nitrogen and oxygen atoms in total. The number of carbonyl (C=O) groups is 4. The minimum absolute atomic E-state index is 0.109. The van der Waals surface area contributed by atoms with Gasteiger partial charge in [0, 0.05) is 12.7 Å². The van der Waals surface area contributed by atoms with Gasteiger partial charge in [-0.2, -0.15) is 0 Å². The molecule has 1 aromatic rings. The maximum absolute atomic E-state index is 11.7. The fourth-order valence-electron chi connectivity index (χ4n) is 1.44. The predicted octanol–water partition coefficient (Wildman–Crippen LogP) is 0.607. The zero-order chi connectivity index (χ0) is 16.7. The number of hydrogen-bond acceptors (Lipinski definition) is 6. The zero-order valence-corrected chi connectivity index (χ0v) is 12.4. The Balaban J connectivity index is 2.65. The van der Waals surface area contributed by atoms with Crippen molar-refractivity contribution in [1.82, 2.24) is 5.32 Å². The van der Waals surface area contributed by atoms with Gasteiger partial charge in [0.2, 0.25) is 11.8 Å². The van der Waals surface area contributed by atoms with Crippen LogP contribution in [0.3, 0.4) is 0 Å². The third-order valence-electron chi connectivity index (χ3n) is 2.40. The molecule has 1 rings (SSSR count). The molecular weight excluding hydrogens is 312 g/mol. The Morgan fingerprint density at radius 3 is 2.50 bits per heavy atom. The van der Waals surface area contributed by atoms with Crippen LogP contribution in [0.4, 0.5) is 4.79 Å². The van der Waals surface area contributed by atoms with Crippen molar-refractivity contribution in [2.45, 2.75) is 13.0 Å². The molecule has 0 saturated carbocycles. The second-order valence-corrected chi connectivity index (χ2v) is 5.08. The first-order chi connectivity index (χ1) is 10.3. The fraction of sp³-hybridized carbons (Fsp3) is 0.231. The number of thioether (sulfide) groups is 1. The molecule has 0 heterocycles. The smallest absolute Gasteiger partial charge is 0.372 e. The summed E-state index contributed by atoms with van der Waals surface area (Å²) in [6.07, 6.45) is 0. The van der Waals surface area contributed by atoms with Gasteiger partial charge in [0.1, 0.15) is 17.4 Å². The summed E-state index contributed by atoms with van der Waals surface area (Å²) in [6.45, 7) is 1.21. The molecule has 0 aliphatic heterocycles. The Bertz CT molecular complexity index is 604. The Morgan fingerprint density at radius 2 is 1.95 bits per heavy atom. The van der Waals surface area contributed by atoms with E-state index in [9.17, 15) is 19.2 Å². The van der Waals surface area contributed by atoms with Crippen LogP contribution in [0, 0.1) is 0 Å². The third-order valence-corrected chi connectivity index (χ3v) is 3.22. The number of rotatable bonds is 6. The first-order valence-corrected chi connectivity index (χ1v) is 7.03. The maximum Gasteiger partial charge on any atom is 0.372 e. The molecule has 4 N–H and O–H groups in total. The van der Waals surface area contributed by atoms with Gasteiger partial charge in [-0.05, 0) is 23.9 Å². The summed E-state index contributed by atoms with van der Waals surface area (Å²) < 4.78 is 4.92. The number of carboxylic acids is 1. The highest BCUT2D eigenvalue weighted by molar-refractivity contribution is 8.13. The van der Waals surface area contributed by atoms with Gasteiger partial charge in [0.25, 0.3) is 0 Å². The highest BCUT2D eigenvalue weighted by Gasteiger charge is 2.20. The van der Waals surface area contributed by atoms with Gasteiger partial charge in [-0.1, -0.05) is 12.1 Å². The van der Waals surface area contributed by atoms with Crippen molar-refractivity contribution in [1.29, 1.82) is 0 Å². The fourth-order valence-corrected chi connectivity index (χ4v) is 2.14. The number of para-hydroxylation sites is 1. The number of primary amides is 1. The molecule has 1 aromatic carbocycles. The van der Waals surface area contributed by atoms with E-state index in [1.165, 1.54) is 31.2 Å². The Labute approximate surface area is 130 Å². The molecule has 0 aromatic heterocycles. The molecule has 0 aliphatic carbocycles. The van der Waals surface area contributed by atoms with Gasteiger partial charge < -0.3 is 20.9 Å². The molecule has 0 aliphatic rings. The van der Waals surface area contributed by atoms with Crippen molar-refractivity contribution in [2.75, 3.05) is 5.75 Å². The van der Waals surface area contributed by atoms with Crippen LogP contribution in [0.5, 0.6) is 5.75 Å². The second kappa shape index (κ2) is 8.03. The topological polar surface area (TPSA) is 136 Å². The van der Waals surface area contributed by atoms with Crippen LogP contribution in [0.2, 0.25) is 0 Å². The van der Waals surface area contributed by atoms with Crippen molar-refractivity contribution in [3.05, 3.63) is 29.8 Å². The minimum atomic E-state index is -1.23. The molecular formula is C13H14N2O6S. The van der Waals surface area contributed by atoms with E-state index in [0.29, 0.717) is 11.8 Å². The van der Waals surface area contributed by atoms with Crippen molar-refractivity contribution in [3.8, 4) is 5.75 Å². The molecule has 0 spiro atoms. The monoisotopic (exact) mass is 326 g/mol. The van der Waals surface area contributed by atoms with E-state index in [0.717, 1.165) is 0 Å². The molecule has 2 amide bonds. The van der Waals surface area contributed by atoms with Gasteiger partial charge in [-0.15, -0.1) is 0 Å². The molecule has 0 saturated heterocycles. The standard InChI is InChI=1S/C13H14N2O6S/c1-7(16)15-9(11(14)17)6-22-13(20)21-10-5-3-2-4-8(10)12(18)19/h2-5,9H,6H2,1H3,(H2,14,17)(H,15,16)(H,18,19). The van der Waals surface area contributed by atoms with E-state index in [1.807, 2.05) is 0 Å². The lowest BCUT2D eigenvalue weighted by molar-refractivity contribution is -0.125. The van der Waals surface area contributed by atoms with Gasteiger partial charge >= 0.3 is 11.3 Å². The predicted molar refractivity (Wildman–Crippen MR) is 78.7 cm³/mol. The van der Waals surface area contributed by atoms with Crippen molar-refractivity contribution in [3.63, 3.8) is 0 Å². The molecule has 0 bridgehead atoms. The van der Waals surface area contributed by atoms with E-state index in [2.05, 4.69) is 5.32 Å². The van der Waals surface area contributed by atoms with E-state index in [-0.39, 0.29) is 17.1 Å². The number of carboxylic acid groups (broad SMARTS) is 1. The lowest BCUT2D eigenvalue weighted by atomic mass is 10.2. The second-order valence-electron chi connectivity index (χ2n) is 4.12. The quantitative estimate of drug-likeness (QED) is 0.651. The summed E-state index contributed by atoms with van der Waals surface area (Å²) in [6, 6.07) is 4.61. The lowest BCUT2D eigenvalue weighted by Crippen LogP contribution is -2.45. The van der Waals surface area contributed by atoms with Crippen molar-refractivity contribution >= 4 is 34.8 Å². The van der Waals surface area contributed by atoms with Gasteiger partial charge in [0.05, 0.1) is 0 Å². The number of amides is 2. The number of carbonyl (C=O) groups excluding carboxylic acids is 3. The number of hydrogen-bond donors (Lipinski definition) is 3. The Hall–Kier alpha value is -2.55. The number of nitrogens with one attached hydrogen (secondary N) is 1. The molecule has 0 fully saturated rings. The van der Waals surface area contributed by atoms with E-state index < -0.39 is 29.1 Å². The van der Waals surface area contributed by atoms with Gasteiger partial charge in [-0.3, -0.25) is 9.59 Å². The van der Waals surface area contributed by atoms with Crippen LogP contribution >= 0.6 is 11.8 Å². The van der Waals surface area contributed by atoms with Crippen LogP contribution in [-0.2, 0) is 9.59 Å². The van der Waals surface area contributed by atoms with E-state index in [1.54, 1.807) is 0 Å². The zero-order valence-electron chi connectivity index (χ0n) is 11.6.